The van der Waals surface area contributed by atoms with Crippen molar-refractivity contribution in [3.8, 4) is 11.3 Å². The molecule has 0 amide bonds. The number of fused-ring (bicyclic) bond motifs is 1. The molecule has 3 aromatic rings. The van der Waals surface area contributed by atoms with Crippen LogP contribution in [0, 0.1) is 0 Å². The number of hydrogen-bond acceptors (Lipinski definition) is 4. The average molecular weight is 298 g/mol. The van der Waals surface area contributed by atoms with Gasteiger partial charge in [-0.1, -0.05) is 18.2 Å². The van der Waals surface area contributed by atoms with Crippen molar-refractivity contribution in [1.82, 2.24) is 10.3 Å². The number of benzene rings is 1. The smallest absolute Gasteiger partial charge is 0.194 e. The van der Waals surface area contributed by atoms with Gasteiger partial charge in [0.05, 0.1) is 6.20 Å². The minimum absolute atomic E-state index is 0.780. The lowest BCUT2D eigenvalue weighted by atomic mass is 10.1. The van der Waals surface area contributed by atoms with Gasteiger partial charge in [-0.3, -0.25) is 0 Å². The van der Waals surface area contributed by atoms with Crippen LogP contribution in [0.15, 0.2) is 40.3 Å². The molecule has 4 heteroatoms. The third-order valence-corrected chi connectivity index (χ3v) is 4.84. The Balaban J connectivity index is 1.45. The van der Waals surface area contributed by atoms with Crippen molar-refractivity contribution >= 4 is 21.4 Å². The van der Waals surface area contributed by atoms with Gasteiger partial charge in [0, 0.05) is 33.5 Å². The van der Waals surface area contributed by atoms with Crippen LogP contribution in [-0.2, 0) is 6.42 Å². The highest BCUT2D eigenvalue weighted by Crippen LogP contribution is 2.34. The summed E-state index contributed by atoms with van der Waals surface area (Å²) in [6, 6.07) is 9.20. The summed E-state index contributed by atoms with van der Waals surface area (Å²) in [7, 11) is 0. The normalized spacial score (nSPS) is 14.9. The number of thiophene rings is 1. The number of oxazole rings is 1. The summed E-state index contributed by atoms with van der Waals surface area (Å²) in [4.78, 5) is 4.42. The van der Waals surface area contributed by atoms with Gasteiger partial charge in [-0.15, -0.1) is 11.3 Å². The van der Waals surface area contributed by atoms with Crippen LogP contribution in [0.1, 0.15) is 25.2 Å². The quantitative estimate of drug-likeness (QED) is 0.692. The molecule has 2 aromatic heterocycles. The molecule has 0 bridgehead atoms. The molecule has 0 atom stereocenters. The number of aryl methyl sites for hydroxylation is 1. The first-order valence-corrected chi connectivity index (χ1v) is 8.43. The maximum absolute atomic E-state index is 5.93. The van der Waals surface area contributed by atoms with Crippen molar-refractivity contribution in [2.24, 2.45) is 0 Å². The predicted octanol–water partition coefficient (Wildman–Crippen LogP) is 4.24. The minimum Gasteiger partial charge on any atom is -0.441 e. The summed E-state index contributed by atoms with van der Waals surface area (Å²) in [6.07, 6.45) is 6.53. The largest absolute Gasteiger partial charge is 0.441 e. The molecule has 0 spiro atoms. The summed E-state index contributed by atoms with van der Waals surface area (Å²) in [5.41, 5.74) is 1.16. The van der Waals surface area contributed by atoms with Crippen LogP contribution in [0.3, 0.4) is 0 Å². The molecule has 1 aromatic carbocycles. The maximum Gasteiger partial charge on any atom is 0.194 e. The highest BCUT2D eigenvalue weighted by molar-refractivity contribution is 7.17. The Morgan fingerprint density at radius 2 is 2.19 bits per heavy atom. The molecule has 21 heavy (non-hydrogen) atoms. The van der Waals surface area contributed by atoms with E-state index in [2.05, 4.69) is 39.9 Å². The lowest BCUT2D eigenvalue weighted by molar-refractivity contribution is 0.492. The topological polar surface area (TPSA) is 38.1 Å². The van der Waals surface area contributed by atoms with Gasteiger partial charge >= 0.3 is 0 Å². The maximum atomic E-state index is 5.93. The van der Waals surface area contributed by atoms with E-state index in [4.69, 9.17) is 4.42 Å². The van der Waals surface area contributed by atoms with Crippen LogP contribution in [0.2, 0.25) is 0 Å². The van der Waals surface area contributed by atoms with Crippen molar-refractivity contribution in [3.05, 3.63) is 41.7 Å². The molecule has 0 saturated heterocycles. The monoisotopic (exact) mass is 298 g/mol. The van der Waals surface area contributed by atoms with E-state index in [-0.39, 0.29) is 0 Å². The van der Waals surface area contributed by atoms with Gasteiger partial charge in [-0.2, -0.15) is 0 Å². The highest BCUT2D eigenvalue weighted by Gasteiger charge is 2.19. The van der Waals surface area contributed by atoms with Crippen LogP contribution >= 0.6 is 11.3 Å². The molecule has 0 radical (unpaired) electrons. The van der Waals surface area contributed by atoms with Crippen LogP contribution in [0.5, 0.6) is 0 Å². The summed E-state index contributed by atoms with van der Waals surface area (Å²) in [5.74, 6) is 1.73. The molecule has 3 nitrogen and oxygen atoms in total. The molecule has 2 heterocycles. The van der Waals surface area contributed by atoms with E-state index in [1.54, 1.807) is 11.3 Å². The Labute approximate surface area is 128 Å². The molecule has 1 fully saturated rings. The standard InChI is InChI=1S/C17H18N2OS/c1-2-5-16-13(4-1)14(11-21-16)15-10-19-17(20-15)6-3-9-18-12-7-8-12/h1-2,4-5,10-12,18H,3,6-9H2. The molecule has 4 rings (SSSR count). The number of nitrogens with one attached hydrogen (secondary N) is 1. The second kappa shape index (κ2) is 5.62. The molecular weight excluding hydrogens is 280 g/mol. The van der Waals surface area contributed by atoms with E-state index in [9.17, 15) is 0 Å². The fourth-order valence-electron chi connectivity index (χ4n) is 2.55. The zero-order chi connectivity index (χ0) is 14.1. The minimum atomic E-state index is 0.780. The zero-order valence-corrected chi connectivity index (χ0v) is 12.7. The van der Waals surface area contributed by atoms with Crippen molar-refractivity contribution in [2.75, 3.05) is 6.54 Å². The molecule has 1 aliphatic rings. The van der Waals surface area contributed by atoms with Crippen molar-refractivity contribution < 1.29 is 4.42 Å². The Bertz CT molecular complexity index is 742. The van der Waals surface area contributed by atoms with Gasteiger partial charge in [0.2, 0.25) is 0 Å². The first-order valence-electron chi connectivity index (χ1n) is 7.55. The van der Waals surface area contributed by atoms with Crippen molar-refractivity contribution in [2.45, 2.75) is 31.7 Å². The Morgan fingerprint density at radius 1 is 1.29 bits per heavy atom. The second-order valence-electron chi connectivity index (χ2n) is 5.60. The summed E-state index contributed by atoms with van der Waals surface area (Å²) in [6.45, 7) is 1.06. The number of hydrogen-bond donors (Lipinski definition) is 1. The van der Waals surface area contributed by atoms with Crippen LogP contribution in [-0.4, -0.2) is 17.6 Å². The Hall–Kier alpha value is -1.65. The SMILES string of the molecule is c1ccc2c(-c3cnc(CCCNC4CC4)o3)csc2c1. The molecule has 1 aliphatic carbocycles. The number of rotatable bonds is 6. The fraction of sp³-hybridized carbons (Fsp3) is 0.353. The van der Waals surface area contributed by atoms with Gasteiger partial charge in [0.25, 0.3) is 0 Å². The lowest BCUT2D eigenvalue weighted by Gasteiger charge is -1.99. The lowest BCUT2D eigenvalue weighted by Crippen LogP contribution is -2.17. The molecule has 1 N–H and O–H groups in total. The summed E-state index contributed by atoms with van der Waals surface area (Å²) < 4.78 is 7.22. The van der Waals surface area contributed by atoms with E-state index in [0.717, 1.165) is 42.6 Å². The third-order valence-electron chi connectivity index (χ3n) is 3.88. The first-order chi connectivity index (χ1) is 10.4. The number of nitrogens with zero attached hydrogens (tertiary/aromatic N) is 1. The van der Waals surface area contributed by atoms with Crippen molar-refractivity contribution in [3.63, 3.8) is 0 Å². The van der Waals surface area contributed by atoms with Gasteiger partial charge in [0.15, 0.2) is 11.7 Å². The van der Waals surface area contributed by atoms with E-state index in [0.29, 0.717) is 0 Å². The van der Waals surface area contributed by atoms with Crippen LogP contribution in [0.25, 0.3) is 21.4 Å². The van der Waals surface area contributed by atoms with E-state index < -0.39 is 0 Å². The molecule has 0 unspecified atom stereocenters. The Morgan fingerprint density at radius 3 is 3.10 bits per heavy atom. The number of aromatic nitrogens is 1. The van der Waals surface area contributed by atoms with E-state index >= 15 is 0 Å². The van der Waals surface area contributed by atoms with Crippen molar-refractivity contribution in [1.29, 1.82) is 0 Å². The zero-order valence-electron chi connectivity index (χ0n) is 11.8. The van der Waals surface area contributed by atoms with Gasteiger partial charge in [0.1, 0.15) is 0 Å². The predicted molar refractivity (Wildman–Crippen MR) is 86.7 cm³/mol. The van der Waals surface area contributed by atoms with Gasteiger partial charge in [-0.05, 0) is 31.9 Å². The highest BCUT2D eigenvalue weighted by atomic mass is 32.1. The van der Waals surface area contributed by atoms with Crippen LogP contribution < -0.4 is 5.32 Å². The summed E-state index contributed by atoms with van der Waals surface area (Å²) >= 11 is 1.75. The fourth-order valence-corrected chi connectivity index (χ4v) is 3.50. The third kappa shape index (κ3) is 2.87. The van der Waals surface area contributed by atoms with Gasteiger partial charge < -0.3 is 9.73 Å². The molecule has 1 saturated carbocycles. The Kier molecular flexibility index (Phi) is 3.49. The molecule has 108 valence electrons. The molecular formula is C17H18N2OS. The summed E-state index contributed by atoms with van der Waals surface area (Å²) in [5, 5.41) is 6.92. The molecule has 0 aliphatic heterocycles. The van der Waals surface area contributed by atoms with E-state index in [1.807, 2.05) is 6.20 Å². The van der Waals surface area contributed by atoms with Gasteiger partial charge in [-0.25, -0.2) is 4.98 Å². The average Bonchev–Trinajstić information content (AvgIpc) is 3.06. The first kappa shape index (κ1) is 13.0. The second-order valence-corrected chi connectivity index (χ2v) is 6.51. The van der Waals surface area contributed by atoms with Crippen LogP contribution in [0.4, 0.5) is 0 Å². The van der Waals surface area contributed by atoms with E-state index in [1.165, 1.54) is 22.9 Å².